The smallest absolute Gasteiger partial charge is 0.264 e. The van der Waals surface area contributed by atoms with E-state index in [1.54, 1.807) is 50.4 Å². The molecular formula is C26H29ClN2O4S. The Hall–Kier alpha value is -3.03. The molecule has 0 heterocycles. The highest BCUT2D eigenvalue weighted by Gasteiger charge is 2.29. The molecule has 0 unspecified atom stereocenters. The molecule has 3 rings (SSSR count). The molecule has 0 aliphatic carbocycles. The van der Waals surface area contributed by atoms with Crippen molar-refractivity contribution in [2.75, 3.05) is 18.0 Å². The van der Waals surface area contributed by atoms with Crippen molar-refractivity contribution in [3.63, 3.8) is 0 Å². The molecule has 0 radical (unpaired) electrons. The predicted molar refractivity (Wildman–Crippen MR) is 136 cm³/mol. The van der Waals surface area contributed by atoms with Crippen LogP contribution in [0.15, 0.2) is 71.6 Å². The first-order valence-corrected chi connectivity index (χ1v) is 12.8. The number of aryl methyl sites for hydroxylation is 2. The predicted octanol–water partition coefficient (Wildman–Crippen LogP) is 5.43. The van der Waals surface area contributed by atoms with Gasteiger partial charge in [-0.1, -0.05) is 54.9 Å². The molecule has 8 heteroatoms. The van der Waals surface area contributed by atoms with E-state index in [0.29, 0.717) is 22.7 Å². The monoisotopic (exact) mass is 500 g/mol. The minimum Gasteiger partial charge on any atom is -0.496 e. The highest BCUT2D eigenvalue weighted by molar-refractivity contribution is 7.92. The Kier molecular flexibility index (Phi) is 8.23. The van der Waals surface area contributed by atoms with Crippen molar-refractivity contribution >= 4 is 33.2 Å². The van der Waals surface area contributed by atoms with Crippen LogP contribution in [0.25, 0.3) is 0 Å². The number of carbonyl (C=O) groups is 1. The second-order valence-electron chi connectivity index (χ2n) is 8.01. The molecule has 1 amide bonds. The third kappa shape index (κ3) is 5.72. The number of hydrogen-bond acceptors (Lipinski definition) is 4. The standard InChI is InChI=1S/C26H29ClN2O4S/c1-5-23(20-12-14-25(33-4)19(3)15-20)28-26(30)17-29(24-16-21(27)13-11-18(24)2)34(31,32)22-9-7-6-8-10-22/h6-16,23H,5,17H2,1-4H3,(H,28,30)/t23-/m0/s1. The molecule has 0 aliphatic heterocycles. The Bertz CT molecular complexity index is 1260. The maximum Gasteiger partial charge on any atom is 0.264 e. The SMILES string of the molecule is CC[C@H](NC(=O)CN(c1cc(Cl)ccc1C)S(=O)(=O)c1ccccc1)c1ccc(OC)c(C)c1. The number of amides is 1. The number of anilines is 1. The molecule has 0 spiro atoms. The maximum atomic E-state index is 13.6. The molecule has 3 aromatic carbocycles. The van der Waals surface area contributed by atoms with Crippen LogP contribution in [0.1, 0.15) is 36.1 Å². The van der Waals surface area contributed by atoms with Crippen LogP contribution in [0.2, 0.25) is 5.02 Å². The lowest BCUT2D eigenvalue weighted by atomic mass is 10.0. The summed E-state index contributed by atoms with van der Waals surface area (Å²) in [6.07, 6.45) is 0.638. The van der Waals surface area contributed by atoms with Gasteiger partial charge in [-0.3, -0.25) is 9.10 Å². The fraction of sp³-hybridized carbons (Fsp3) is 0.269. The molecule has 0 fully saturated rings. The third-order valence-corrected chi connectivity index (χ3v) is 7.63. The van der Waals surface area contributed by atoms with Gasteiger partial charge in [-0.05, 0) is 67.3 Å². The summed E-state index contributed by atoms with van der Waals surface area (Å²) in [5.74, 6) is 0.348. The van der Waals surface area contributed by atoms with Gasteiger partial charge < -0.3 is 10.1 Å². The van der Waals surface area contributed by atoms with Crippen LogP contribution in [0.5, 0.6) is 5.75 Å². The lowest BCUT2D eigenvalue weighted by molar-refractivity contribution is -0.120. The fourth-order valence-corrected chi connectivity index (χ4v) is 5.45. The largest absolute Gasteiger partial charge is 0.496 e. The van der Waals surface area contributed by atoms with Gasteiger partial charge in [-0.15, -0.1) is 0 Å². The van der Waals surface area contributed by atoms with Crippen molar-refractivity contribution in [1.82, 2.24) is 5.32 Å². The van der Waals surface area contributed by atoms with Gasteiger partial charge in [0.05, 0.1) is 23.7 Å². The van der Waals surface area contributed by atoms with Crippen molar-refractivity contribution in [1.29, 1.82) is 0 Å². The van der Waals surface area contributed by atoms with Gasteiger partial charge in [0, 0.05) is 5.02 Å². The Balaban J connectivity index is 1.94. The quantitative estimate of drug-likeness (QED) is 0.425. The number of methoxy groups -OCH3 is 1. The molecule has 3 aromatic rings. The molecule has 0 saturated carbocycles. The number of nitrogens with one attached hydrogen (secondary N) is 1. The molecule has 0 saturated heterocycles. The van der Waals surface area contributed by atoms with Crippen molar-refractivity contribution in [3.05, 3.63) is 88.4 Å². The van der Waals surface area contributed by atoms with Crippen LogP contribution in [0.4, 0.5) is 5.69 Å². The van der Waals surface area contributed by atoms with Crippen molar-refractivity contribution in [2.45, 2.75) is 38.1 Å². The average molecular weight is 501 g/mol. The summed E-state index contributed by atoms with van der Waals surface area (Å²) in [5, 5.41) is 3.37. The first kappa shape index (κ1) is 25.6. The second kappa shape index (κ2) is 10.9. The van der Waals surface area contributed by atoms with Gasteiger partial charge >= 0.3 is 0 Å². The summed E-state index contributed by atoms with van der Waals surface area (Å²) < 4.78 is 33.6. The van der Waals surface area contributed by atoms with Crippen LogP contribution in [-0.2, 0) is 14.8 Å². The van der Waals surface area contributed by atoms with Crippen molar-refractivity contribution in [3.8, 4) is 5.75 Å². The van der Waals surface area contributed by atoms with E-state index in [9.17, 15) is 13.2 Å². The molecule has 34 heavy (non-hydrogen) atoms. The third-order valence-electron chi connectivity index (χ3n) is 5.62. The summed E-state index contributed by atoms with van der Waals surface area (Å²) >= 11 is 6.19. The molecule has 1 atom stereocenters. The van der Waals surface area contributed by atoms with Crippen molar-refractivity contribution in [2.24, 2.45) is 0 Å². The number of nitrogens with zero attached hydrogens (tertiary/aromatic N) is 1. The Labute approximate surface area is 206 Å². The molecule has 180 valence electrons. The fourth-order valence-electron chi connectivity index (χ4n) is 3.78. The van der Waals surface area contributed by atoms with Crippen LogP contribution < -0.4 is 14.4 Å². The Morgan fingerprint density at radius 2 is 1.74 bits per heavy atom. The summed E-state index contributed by atoms with van der Waals surface area (Å²) in [7, 11) is -2.40. The highest BCUT2D eigenvalue weighted by atomic mass is 35.5. The van der Waals surface area contributed by atoms with E-state index in [0.717, 1.165) is 21.2 Å². The first-order valence-electron chi connectivity index (χ1n) is 10.9. The van der Waals surface area contributed by atoms with E-state index in [1.165, 1.54) is 12.1 Å². The summed E-state index contributed by atoms with van der Waals surface area (Å²) in [5.41, 5.74) is 2.93. The number of ether oxygens (including phenoxy) is 1. The van der Waals surface area contributed by atoms with E-state index in [2.05, 4.69) is 5.32 Å². The molecule has 6 nitrogen and oxygen atoms in total. The summed E-state index contributed by atoms with van der Waals surface area (Å²) in [6.45, 7) is 5.30. The Morgan fingerprint density at radius 3 is 2.35 bits per heavy atom. The maximum absolute atomic E-state index is 13.6. The number of sulfonamides is 1. The van der Waals surface area contributed by atoms with Crippen LogP contribution in [0, 0.1) is 13.8 Å². The number of rotatable bonds is 9. The van der Waals surface area contributed by atoms with E-state index in [1.807, 2.05) is 32.0 Å². The van der Waals surface area contributed by atoms with Gasteiger partial charge in [0.15, 0.2) is 0 Å². The van der Waals surface area contributed by atoms with E-state index in [-0.39, 0.29) is 17.5 Å². The number of halogens is 1. The lowest BCUT2D eigenvalue weighted by Crippen LogP contribution is -2.42. The normalized spacial score (nSPS) is 12.1. The van der Waals surface area contributed by atoms with E-state index >= 15 is 0 Å². The van der Waals surface area contributed by atoms with Crippen LogP contribution in [0.3, 0.4) is 0 Å². The van der Waals surface area contributed by atoms with Gasteiger partial charge in [0.1, 0.15) is 12.3 Å². The lowest BCUT2D eigenvalue weighted by Gasteiger charge is -2.27. The number of benzene rings is 3. The van der Waals surface area contributed by atoms with Gasteiger partial charge in [0.25, 0.3) is 10.0 Å². The van der Waals surface area contributed by atoms with Crippen LogP contribution in [-0.4, -0.2) is 28.0 Å². The van der Waals surface area contributed by atoms with E-state index < -0.39 is 15.9 Å². The molecule has 0 aromatic heterocycles. The Morgan fingerprint density at radius 1 is 1.03 bits per heavy atom. The number of hydrogen-bond donors (Lipinski definition) is 1. The molecular weight excluding hydrogens is 472 g/mol. The first-order chi connectivity index (χ1) is 16.2. The highest BCUT2D eigenvalue weighted by Crippen LogP contribution is 2.30. The zero-order valence-corrected chi connectivity index (χ0v) is 21.3. The van der Waals surface area contributed by atoms with Gasteiger partial charge in [0.2, 0.25) is 5.91 Å². The molecule has 0 bridgehead atoms. The molecule has 0 aliphatic rings. The summed E-state index contributed by atoms with van der Waals surface area (Å²) in [4.78, 5) is 13.3. The second-order valence-corrected chi connectivity index (χ2v) is 10.3. The zero-order chi connectivity index (χ0) is 24.9. The topological polar surface area (TPSA) is 75.7 Å². The molecule has 1 N–H and O–H groups in total. The van der Waals surface area contributed by atoms with Crippen molar-refractivity contribution < 1.29 is 17.9 Å². The van der Waals surface area contributed by atoms with Gasteiger partial charge in [-0.2, -0.15) is 0 Å². The zero-order valence-electron chi connectivity index (χ0n) is 19.7. The van der Waals surface area contributed by atoms with Crippen LogP contribution >= 0.6 is 11.6 Å². The minimum absolute atomic E-state index is 0.0972. The average Bonchev–Trinajstić information content (AvgIpc) is 2.83. The number of carbonyl (C=O) groups excluding carboxylic acids is 1. The van der Waals surface area contributed by atoms with Gasteiger partial charge in [-0.25, -0.2) is 8.42 Å². The minimum atomic E-state index is -4.01. The van der Waals surface area contributed by atoms with E-state index in [4.69, 9.17) is 16.3 Å². The summed E-state index contributed by atoms with van der Waals surface area (Å²) in [6, 6.07) is 18.5.